The SMILES string of the molecule is CN(C)S(=O)(=O)C[C@@H]1CN(C(=O)c2cccc3c2COC3)C[C@H]1O. The summed E-state index contributed by atoms with van der Waals surface area (Å²) in [5.41, 5.74) is 2.47. The second-order valence-corrected chi connectivity index (χ2v) is 8.76. The largest absolute Gasteiger partial charge is 0.391 e. The quantitative estimate of drug-likeness (QED) is 0.825. The van der Waals surface area contributed by atoms with Gasteiger partial charge in [-0.1, -0.05) is 12.1 Å². The van der Waals surface area contributed by atoms with Crippen molar-refractivity contribution >= 4 is 15.9 Å². The average Bonchev–Trinajstić information content (AvgIpc) is 3.13. The number of hydrogen-bond donors (Lipinski definition) is 1. The topological polar surface area (TPSA) is 87.2 Å². The van der Waals surface area contributed by atoms with Crippen LogP contribution in [0.25, 0.3) is 0 Å². The fraction of sp³-hybridized carbons (Fsp3) is 0.562. The maximum absolute atomic E-state index is 12.8. The lowest BCUT2D eigenvalue weighted by Gasteiger charge is -2.19. The Morgan fingerprint density at radius 3 is 2.79 bits per heavy atom. The zero-order valence-corrected chi connectivity index (χ0v) is 14.6. The van der Waals surface area contributed by atoms with E-state index < -0.39 is 22.0 Å². The predicted octanol–water partition coefficient (Wildman–Crippen LogP) is 0.0411. The highest BCUT2D eigenvalue weighted by Crippen LogP contribution is 2.27. The van der Waals surface area contributed by atoms with Crippen LogP contribution in [0.1, 0.15) is 21.5 Å². The maximum Gasteiger partial charge on any atom is 0.254 e. The number of nitrogens with zero attached hydrogens (tertiary/aromatic N) is 2. The van der Waals surface area contributed by atoms with Crippen molar-refractivity contribution in [1.29, 1.82) is 0 Å². The van der Waals surface area contributed by atoms with Crippen LogP contribution < -0.4 is 0 Å². The molecule has 24 heavy (non-hydrogen) atoms. The van der Waals surface area contributed by atoms with Crippen LogP contribution in [0.2, 0.25) is 0 Å². The second kappa shape index (κ2) is 6.44. The van der Waals surface area contributed by atoms with Crippen LogP contribution in [0.3, 0.4) is 0 Å². The summed E-state index contributed by atoms with van der Waals surface area (Å²) >= 11 is 0. The zero-order valence-electron chi connectivity index (χ0n) is 13.8. The molecule has 0 saturated carbocycles. The van der Waals surface area contributed by atoms with Gasteiger partial charge < -0.3 is 14.7 Å². The van der Waals surface area contributed by atoms with Crippen LogP contribution in [-0.2, 0) is 28.0 Å². The molecular weight excluding hydrogens is 332 g/mol. The Hall–Kier alpha value is -1.48. The molecule has 1 fully saturated rings. The number of amides is 1. The first-order valence-electron chi connectivity index (χ1n) is 7.85. The van der Waals surface area contributed by atoms with E-state index in [1.54, 1.807) is 6.07 Å². The number of sulfonamides is 1. The molecule has 1 saturated heterocycles. The number of hydrogen-bond acceptors (Lipinski definition) is 5. The number of aliphatic hydroxyl groups is 1. The standard InChI is InChI=1S/C16H22N2O5S/c1-17(2)24(21,22)10-12-6-18(7-15(12)19)16(20)13-5-3-4-11-8-23-9-14(11)13/h3-5,12,15,19H,6-10H2,1-2H3/t12-,15+/m0/s1. The lowest BCUT2D eigenvalue weighted by atomic mass is 10.0. The van der Waals surface area contributed by atoms with Gasteiger partial charge >= 0.3 is 0 Å². The number of fused-ring (bicyclic) bond motifs is 1. The summed E-state index contributed by atoms with van der Waals surface area (Å²) in [6, 6.07) is 5.51. The van der Waals surface area contributed by atoms with Gasteiger partial charge in [0.2, 0.25) is 10.0 Å². The molecule has 0 aliphatic carbocycles. The molecule has 132 valence electrons. The summed E-state index contributed by atoms with van der Waals surface area (Å²) < 4.78 is 30.6. The van der Waals surface area contributed by atoms with Gasteiger partial charge in [0.05, 0.1) is 25.1 Å². The normalized spacial score (nSPS) is 23.8. The van der Waals surface area contributed by atoms with Gasteiger partial charge in [-0.15, -0.1) is 0 Å². The van der Waals surface area contributed by atoms with Gasteiger partial charge in [-0.25, -0.2) is 12.7 Å². The van der Waals surface area contributed by atoms with E-state index >= 15 is 0 Å². The van der Waals surface area contributed by atoms with E-state index in [0.29, 0.717) is 18.8 Å². The lowest BCUT2D eigenvalue weighted by molar-refractivity contribution is 0.0760. The van der Waals surface area contributed by atoms with Crippen LogP contribution in [0, 0.1) is 5.92 Å². The molecule has 2 aliphatic heterocycles. The van der Waals surface area contributed by atoms with E-state index in [9.17, 15) is 18.3 Å². The highest BCUT2D eigenvalue weighted by Gasteiger charge is 2.38. The molecular formula is C16H22N2O5S. The number of carbonyl (C=O) groups is 1. The minimum atomic E-state index is -3.42. The van der Waals surface area contributed by atoms with Crippen molar-refractivity contribution in [1.82, 2.24) is 9.21 Å². The fourth-order valence-electron chi connectivity index (χ4n) is 3.18. The van der Waals surface area contributed by atoms with Gasteiger partial charge in [0.25, 0.3) is 5.91 Å². The Kier molecular flexibility index (Phi) is 4.65. The molecule has 0 bridgehead atoms. The number of aliphatic hydroxyl groups excluding tert-OH is 1. The Morgan fingerprint density at radius 1 is 1.33 bits per heavy atom. The molecule has 0 unspecified atom stereocenters. The van der Waals surface area contributed by atoms with Crippen LogP contribution in [0.5, 0.6) is 0 Å². The van der Waals surface area contributed by atoms with Crippen LogP contribution in [0.15, 0.2) is 18.2 Å². The monoisotopic (exact) mass is 354 g/mol. The summed E-state index contributed by atoms with van der Waals surface area (Å²) in [7, 11) is -0.492. The van der Waals surface area contributed by atoms with E-state index in [0.717, 1.165) is 15.4 Å². The number of likely N-dealkylation sites (tertiary alicyclic amines) is 1. The molecule has 8 heteroatoms. The first-order chi connectivity index (χ1) is 11.3. The Bertz CT molecular complexity index is 747. The van der Waals surface area contributed by atoms with Crippen molar-refractivity contribution in [2.75, 3.05) is 32.9 Å². The van der Waals surface area contributed by atoms with Crippen LogP contribution in [-0.4, -0.2) is 67.7 Å². The zero-order chi connectivity index (χ0) is 17.5. The van der Waals surface area contributed by atoms with E-state index in [2.05, 4.69) is 0 Å². The number of benzene rings is 1. The first kappa shape index (κ1) is 17.3. The van der Waals surface area contributed by atoms with Crippen molar-refractivity contribution in [3.05, 3.63) is 34.9 Å². The summed E-state index contributed by atoms with van der Waals surface area (Å²) in [5, 5.41) is 10.2. The number of rotatable bonds is 4. The van der Waals surface area contributed by atoms with Gasteiger partial charge in [0, 0.05) is 38.7 Å². The van der Waals surface area contributed by atoms with Crippen LogP contribution >= 0.6 is 0 Å². The van der Waals surface area contributed by atoms with Crippen molar-refractivity contribution < 1.29 is 23.1 Å². The molecule has 0 aromatic heterocycles. The molecule has 7 nitrogen and oxygen atoms in total. The molecule has 2 heterocycles. The smallest absolute Gasteiger partial charge is 0.254 e. The molecule has 0 spiro atoms. The number of carbonyl (C=O) groups excluding carboxylic acids is 1. The van der Waals surface area contributed by atoms with E-state index in [1.165, 1.54) is 19.0 Å². The number of ether oxygens (including phenoxy) is 1. The highest BCUT2D eigenvalue weighted by atomic mass is 32.2. The summed E-state index contributed by atoms with van der Waals surface area (Å²) in [6.07, 6.45) is -0.836. The average molecular weight is 354 g/mol. The first-order valence-corrected chi connectivity index (χ1v) is 9.46. The Labute approximate surface area is 141 Å². The van der Waals surface area contributed by atoms with E-state index in [4.69, 9.17) is 4.74 Å². The van der Waals surface area contributed by atoms with Gasteiger partial charge in [0.1, 0.15) is 0 Å². The maximum atomic E-state index is 12.8. The minimum absolute atomic E-state index is 0.150. The predicted molar refractivity (Wildman–Crippen MR) is 87.8 cm³/mol. The van der Waals surface area contributed by atoms with Crippen molar-refractivity contribution in [2.45, 2.75) is 19.3 Å². The van der Waals surface area contributed by atoms with Gasteiger partial charge in [-0.3, -0.25) is 4.79 Å². The second-order valence-electron chi connectivity index (χ2n) is 6.53. The van der Waals surface area contributed by atoms with Crippen LogP contribution in [0.4, 0.5) is 0 Å². The third kappa shape index (κ3) is 3.19. The van der Waals surface area contributed by atoms with Gasteiger partial charge in [-0.2, -0.15) is 0 Å². The minimum Gasteiger partial charge on any atom is -0.391 e. The summed E-state index contributed by atoms with van der Waals surface area (Å²) in [5.74, 6) is -0.823. The Balaban J connectivity index is 1.76. The summed E-state index contributed by atoms with van der Waals surface area (Å²) in [6.45, 7) is 1.30. The lowest BCUT2D eigenvalue weighted by Crippen LogP contribution is -2.33. The van der Waals surface area contributed by atoms with Gasteiger partial charge in [0.15, 0.2) is 0 Å². The molecule has 0 radical (unpaired) electrons. The molecule has 2 aliphatic rings. The third-order valence-electron chi connectivity index (χ3n) is 4.68. The highest BCUT2D eigenvalue weighted by molar-refractivity contribution is 7.89. The van der Waals surface area contributed by atoms with E-state index in [1.807, 2.05) is 12.1 Å². The summed E-state index contributed by atoms with van der Waals surface area (Å²) in [4.78, 5) is 14.3. The molecule has 1 N–H and O–H groups in total. The Morgan fingerprint density at radius 2 is 2.08 bits per heavy atom. The molecule has 1 aromatic rings. The fourth-order valence-corrected chi connectivity index (χ4v) is 4.34. The molecule has 3 rings (SSSR count). The molecule has 2 atom stereocenters. The molecule has 1 aromatic carbocycles. The number of β-amino-alcohol motifs (C(OH)–C–C–N with tert-alkyl or cyclic N) is 1. The van der Waals surface area contributed by atoms with Crippen molar-refractivity contribution in [3.8, 4) is 0 Å². The van der Waals surface area contributed by atoms with E-state index in [-0.39, 0.29) is 24.7 Å². The third-order valence-corrected chi connectivity index (χ3v) is 6.64. The van der Waals surface area contributed by atoms with Gasteiger partial charge in [-0.05, 0) is 17.2 Å². The van der Waals surface area contributed by atoms with Crippen molar-refractivity contribution in [3.63, 3.8) is 0 Å². The molecule has 1 amide bonds. The van der Waals surface area contributed by atoms with Crippen molar-refractivity contribution in [2.24, 2.45) is 5.92 Å².